The molecule has 1 saturated heterocycles. The third kappa shape index (κ3) is 2.69. The Balaban J connectivity index is 1.80. The van der Waals surface area contributed by atoms with Gasteiger partial charge < -0.3 is 9.64 Å². The fourth-order valence-corrected chi connectivity index (χ4v) is 2.69. The molecular weight excluding hydrogens is 272 g/mol. The number of carbonyl (C=O) groups is 1. The van der Waals surface area contributed by atoms with Crippen LogP contribution in [0, 0.1) is 0 Å². The zero-order valence-corrected chi connectivity index (χ0v) is 12.1. The molecule has 0 saturated carbocycles. The van der Waals surface area contributed by atoms with E-state index in [4.69, 9.17) is 4.74 Å². The van der Waals surface area contributed by atoms with Gasteiger partial charge in [0.15, 0.2) is 0 Å². The summed E-state index contributed by atoms with van der Waals surface area (Å²) in [6.45, 7) is 4.91. The minimum absolute atomic E-state index is 0.00862. The van der Waals surface area contributed by atoms with E-state index in [0.717, 1.165) is 5.52 Å². The molecule has 1 aliphatic heterocycles. The summed E-state index contributed by atoms with van der Waals surface area (Å²) >= 11 is 0. The van der Waals surface area contributed by atoms with Gasteiger partial charge in [0, 0.05) is 19.3 Å². The molecule has 0 N–H and O–H groups in total. The number of hydrogen-bond acceptors (Lipinski definition) is 4. The number of nitrogens with zero attached hydrogens (tertiary/aromatic N) is 4. The summed E-state index contributed by atoms with van der Waals surface area (Å²) in [7, 11) is 0. The standard InChI is InChI=1S/C14H18N4O3/c1-10-7-16(8-11(2)21-10)13(19)9-18-14(20)17-5-3-4-12(17)6-15-18/h3-6,10-11H,7-9H2,1-2H3/t10-,11-/m1/s1. The monoisotopic (exact) mass is 290 g/mol. The van der Waals surface area contributed by atoms with Gasteiger partial charge >= 0.3 is 5.69 Å². The van der Waals surface area contributed by atoms with Crippen LogP contribution >= 0.6 is 0 Å². The molecule has 2 aromatic heterocycles. The van der Waals surface area contributed by atoms with Crippen LogP contribution in [0.1, 0.15) is 13.8 Å². The molecule has 0 spiro atoms. The minimum Gasteiger partial charge on any atom is -0.372 e. The third-order valence-corrected chi connectivity index (χ3v) is 3.59. The first-order valence-corrected chi connectivity index (χ1v) is 7.01. The summed E-state index contributed by atoms with van der Waals surface area (Å²) < 4.78 is 8.28. The van der Waals surface area contributed by atoms with Gasteiger partial charge in [0.25, 0.3) is 0 Å². The Labute approximate surface area is 121 Å². The van der Waals surface area contributed by atoms with E-state index in [1.807, 2.05) is 13.8 Å². The van der Waals surface area contributed by atoms with Gasteiger partial charge in [0.05, 0.1) is 23.9 Å². The average Bonchev–Trinajstić information content (AvgIpc) is 2.90. The van der Waals surface area contributed by atoms with Crippen LogP contribution in [-0.4, -0.2) is 50.3 Å². The second-order valence-electron chi connectivity index (χ2n) is 5.44. The molecule has 0 radical (unpaired) electrons. The van der Waals surface area contributed by atoms with Crippen molar-refractivity contribution in [2.75, 3.05) is 13.1 Å². The molecule has 7 heteroatoms. The predicted molar refractivity (Wildman–Crippen MR) is 76.0 cm³/mol. The molecule has 0 aromatic carbocycles. The molecule has 0 aliphatic carbocycles. The first-order chi connectivity index (χ1) is 10.0. The Morgan fingerprint density at radius 1 is 1.38 bits per heavy atom. The lowest BCUT2D eigenvalue weighted by atomic mass is 10.2. The van der Waals surface area contributed by atoms with E-state index < -0.39 is 0 Å². The predicted octanol–water partition coefficient (Wildman–Crippen LogP) is 0.132. The van der Waals surface area contributed by atoms with Crippen LogP contribution < -0.4 is 5.69 Å². The van der Waals surface area contributed by atoms with Gasteiger partial charge in [0.2, 0.25) is 5.91 Å². The van der Waals surface area contributed by atoms with Crippen LogP contribution in [0.3, 0.4) is 0 Å². The van der Waals surface area contributed by atoms with E-state index in [1.54, 1.807) is 29.4 Å². The van der Waals surface area contributed by atoms with E-state index in [1.165, 1.54) is 9.08 Å². The lowest BCUT2D eigenvalue weighted by molar-refractivity contribution is -0.144. The lowest BCUT2D eigenvalue weighted by Crippen LogP contribution is -2.50. The quantitative estimate of drug-likeness (QED) is 0.788. The number of ether oxygens (including phenoxy) is 1. The van der Waals surface area contributed by atoms with Crippen molar-refractivity contribution >= 4 is 11.4 Å². The van der Waals surface area contributed by atoms with Crippen molar-refractivity contribution in [1.82, 2.24) is 19.1 Å². The fourth-order valence-electron chi connectivity index (χ4n) is 2.69. The Bertz CT molecular complexity index is 710. The molecule has 1 fully saturated rings. The maximum absolute atomic E-state index is 12.3. The van der Waals surface area contributed by atoms with E-state index >= 15 is 0 Å². The number of carbonyl (C=O) groups excluding carboxylic acids is 1. The molecule has 2 aromatic rings. The second-order valence-corrected chi connectivity index (χ2v) is 5.44. The van der Waals surface area contributed by atoms with Crippen molar-refractivity contribution in [3.63, 3.8) is 0 Å². The van der Waals surface area contributed by atoms with Crippen LogP contribution in [0.15, 0.2) is 29.3 Å². The van der Waals surface area contributed by atoms with Crippen molar-refractivity contribution < 1.29 is 9.53 Å². The zero-order chi connectivity index (χ0) is 15.0. The Kier molecular flexibility index (Phi) is 3.50. The number of fused-ring (bicyclic) bond motifs is 1. The maximum Gasteiger partial charge on any atom is 0.349 e. The van der Waals surface area contributed by atoms with Crippen molar-refractivity contribution in [1.29, 1.82) is 0 Å². The molecule has 1 amide bonds. The number of hydrogen-bond donors (Lipinski definition) is 0. The van der Waals surface area contributed by atoms with E-state index in [-0.39, 0.29) is 30.3 Å². The molecule has 112 valence electrons. The smallest absolute Gasteiger partial charge is 0.349 e. The average molecular weight is 290 g/mol. The van der Waals surface area contributed by atoms with Gasteiger partial charge in [-0.15, -0.1) is 0 Å². The topological polar surface area (TPSA) is 68.8 Å². The lowest BCUT2D eigenvalue weighted by Gasteiger charge is -2.35. The fraction of sp³-hybridized carbons (Fsp3) is 0.500. The van der Waals surface area contributed by atoms with Crippen LogP contribution in [0.4, 0.5) is 0 Å². The molecule has 21 heavy (non-hydrogen) atoms. The molecule has 1 aliphatic rings. The van der Waals surface area contributed by atoms with Crippen LogP contribution in [0.25, 0.3) is 5.52 Å². The normalized spacial score (nSPS) is 22.7. The highest BCUT2D eigenvalue weighted by atomic mass is 16.5. The molecule has 7 nitrogen and oxygen atoms in total. The summed E-state index contributed by atoms with van der Waals surface area (Å²) in [5.74, 6) is -0.113. The van der Waals surface area contributed by atoms with E-state index in [9.17, 15) is 9.59 Å². The number of rotatable bonds is 2. The summed E-state index contributed by atoms with van der Waals surface area (Å²) in [6.07, 6.45) is 3.27. The van der Waals surface area contributed by atoms with Gasteiger partial charge in [-0.25, -0.2) is 9.48 Å². The van der Waals surface area contributed by atoms with Crippen molar-refractivity contribution in [2.45, 2.75) is 32.6 Å². The van der Waals surface area contributed by atoms with Gasteiger partial charge in [-0.2, -0.15) is 5.10 Å². The Morgan fingerprint density at radius 2 is 2.10 bits per heavy atom. The number of aromatic nitrogens is 3. The van der Waals surface area contributed by atoms with Gasteiger partial charge in [-0.05, 0) is 26.0 Å². The van der Waals surface area contributed by atoms with Crippen LogP contribution in [-0.2, 0) is 16.1 Å². The van der Waals surface area contributed by atoms with Crippen molar-refractivity contribution in [3.8, 4) is 0 Å². The summed E-state index contributed by atoms with van der Waals surface area (Å²) in [6, 6.07) is 3.57. The highest BCUT2D eigenvalue weighted by molar-refractivity contribution is 5.76. The van der Waals surface area contributed by atoms with Crippen molar-refractivity contribution in [2.24, 2.45) is 0 Å². The Morgan fingerprint density at radius 3 is 2.81 bits per heavy atom. The summed E-state index contributed by atoms with van der Waals surface area (Å²) in [5, 5.41) is 4.06. The molecule has 2 atom stereocenters. The van der Waals surface area contributed by atoms with Crippen LogP contribution in [0.5, 0.6) is 0 Å². The second kappa shape index (κ2) is 5.33. The SMILES string of the molecule is C[C@@H]1CN(C(=O)Cn2ncc3cccn3c2=O)C[C@@H](C)O1. The summed E-state index contributed by atoms with van der Waals surface area (Å²) in [4.78, 5) is 26.3. The Hall–Kier alpha value is -2.15. The van der Waals surface area contributed by atoms with Gasteiger partial charge in [-0.1, -0.05) is 0 Å². The molecule has 3 rings (SSSR count). The highest BCUT2D eigenvalue weighted by Gasteiger charge is 2.26. The largest absolute Gasteiger partial charge is 0.372 e. The van der Waals surface area contributed by atoms with Gasteiger partial charge in [-0.3, -0.25) is 9.20 Å². The van der Waals surface area contributed by atoms with Gasteiger partial charge in [0.1, 0.15) is 6.54 Å². The van der Waals surface area contributed by atoms with E-state index in [0.29, 0.717) is 13.1 Å². The van der Waals surface area contributed by atoms with Crippen LogP contribution in [0.2, 0.25) is 0 Å². The molecule has 0 unspecified atom stereocenters. The summed E-state index contributed by atoms with van der Waals surface area (Å²) in [5.41, 5.74) is 0.414. The van der Waals surface area contributed by atoms with Crippen molar-refractivity contribution in [3.05, 3.63) is 35.0 Å². The number of amides is 1. The first kappa shape index (κ1) is 13.8. The first-order valence-electron chi connectivity index (χ1n) is 7.01. The highest BCUT2D eigenvalue weighted by Crippen LogP contribution is 2.11. The van der Waals surface area contributed by atoms with E-state index in [2.05, 4.69) is 5.10 Å². The zero-order valence-electron chi connectivity index (χ0n) is 12.1. The minimum atomic E-state index is -0.305. The molecule has 0 bridgehead atoms. The molecular formula is C14H18N4O3. The molecule has 3 heterocycles. The maximum atomic E-state index is 12.3. The number of morpholine rings is 1. The third-order valence-electron chi connectivity index (χ3n) is 3.59.